The minimum atomic E-state index is -0.243. The number of ether oxygens (including phenoxy) is 1. The van der Waals surface area contributed by atoms with Gasteiger partial charge in [0.25, 0.3) is 5.56 Å². The Morgan fingerprint density at radius 1 is 1.40 bits per heavy atom. The summed E-state index contributed by atoms with van der Waals surface area (Å²) < 4.78 is 5.56. The maximum Gasteiger partial charge on any atom is 0.253 e. The highest BCUT2D eigenvalue weighted by molar-refractivity contribution is 7.99. The van der Waals surface area contributed by atoms with Gasteiger partial charge in [0.15, 0.2) is 5.16 Å². The summed E-state index contributed by atoms with van der Waals surface area (Å²) in [6, 6.07) is 8.59. The number of nitrogens with two attached hydrogens (primary N) is 1. The van der Waals surface area contributed by atoms with Crippen molar-refractivity contribution in [3.63, 3.8) is 0 Å². The molecule has 0 atom stereocenters. The van der Waals surface area contributed by atoms with Gasteiger partial charge in [0.1, 0.15) is 11.6 Å². The standard InChI is InChI=1S/C13H14ClN3O2S/c14-9-4-1-2-5-10(9)19-6-3-7-20-13-16-11(15)8-12(18)17-13/h1-2,4-5,8H,3,6-7H2,(H3,15,16,17,18). The van der Waals surface area contributed by atoms with E-state index in [1.807, 2.05) is 18.2 Å². The number of rotatable bonds is 6. The molecule has 0 bridgehead atoms. The van der Waals surface area contributed by atoms with Crippen LogP contribution in [0.2, 0.25) is 5.02 Å². The summed E-state index contributed by atoms with van der Waals surface area (Å²) >= 11 is 7.40. The molecule has 1 heterocycles. The Labute approximate surface area is 125 Å². The molecule has 0 radical (unpaired) electrons. The first-order chi connectivity index (χ1) is 9.65. The summed E-state index contributed by atoms with van der Waals surface area (Å²) in [5.41, 5.74) is 5.26. The summed E-state index contributed by atoms with van der Waals surface area (Å²) in [5, 5.41) is 1.12. The first-order valence-corrected chi connectivity index (χ1v) is 7.38. The number of benzene rings is 1. The molecule has 0 aliphatic heterocycles. The summed E-state index contributed by atoms with van der Waals surface area (Å²) in [6.07, 6.45) is 0.800. The summed E-state index contributed by atoms with van der Waals surface area (Å²) in [6.45, 7) is 0.545. The summed E-state index contributed by atoms with van der Waals surface area (Å²) in [4.78, 5) is 17.8. The average Bonchev–Trinajstić information content (AvgIpc) is 2.39. The van der Waals surface area contributed by atoms with E-state index >= 15 is 0 Å². The lowest BCUT2D eigenvalue weighted by molar-refractivity contribution is 0.319. The Morgan fingerprint density at radius 2 is 2.20 bits per heavy atom. The van der Waals surface area contributed by atoms with Crippen LogP contribution in [0.1, 0.15) is 6.42 Å². The SMILES string of the molecule is Nc1cc(=O)[nH]c(SCCCOc2ccccc2Cl)n1. The lowest BCUT2D eigenvalue weighted by Gasteiger charge is -2.07. The normalized spacial score (nSPS) is 10.4. The molecule has 0 amide bonds. The van der Waals surface area contributed by atoms with E-state index in [1.54, 1.807) is 6.07 Å². The van der Waals surface area contributed by atoms with Crippen molar-refractivity contribution in [3.8, 4) is 5.75 Å². The second kappa shape index (κ2) is 7.21. The Hall–Kier alpha value is -1.66. The number of anilines is 1. The van der Waals surface area contributed by atoms with Gasteiger partial charge < -0.3 is 15.5 Å². The van der Waals surface area contributed by atoms with Crippen LogP contribution in [-0.2, 0) is 0 Å². The summed E-state index contributed by atoms with van der Waals surface area (Å²) in [5.74, 6) is 1.66. The van der Waals surface area contributed by atoms with Crippen LogP contribution >= 0.6 is 23.4 Å². The van der Waals surface area contributed by atoms with Gasteiger partial charge in [0, 0.05) is 11.8 Å². The molecule has 7 heteroatoms. The Morgan fingerprint density at radius 3 is 2.95 bits per heavy atom. The number of hydrogen-bond donors (Lipinski definition) is 2. The van der Waals surface area contributed by atoms with Crippen LogP contribution in [0.3, 0.4) is 0 Å². The summed E-state index contributed by atoms with van der Waals surface area (Å²) in [7, 11) is 0. The third-order valence-electron chi connectivity index (χ3n) is 2.36. The number of nitrogens with zero attached hydrogens (tertiary/aromatic N) is 1. The highest BCUT2D eigenvalue weighted by Gasteiger charge is 2.01. The highest BCUT2D eigenvalue weighted by atomic mass is 35.5. The minimum Gasteiger partial charge on any atom is -0.492 e. The number of nitrogens with one attached hydrogen (secondary N) is 1. The molecule has 0 aliphatic carbocycles. The van der Waals surface area contributed by atoms with E-state index in [1.165, 1.54) is 17.8 Å². The second-order valence-corrected chi connectivity index (χ2v) is 5.45. The van der Waals surface area contributed by atoms with Crippen molar-refractivity contribution in [3.05, 3.63) is 45.7 Å². The average molecular weight is 312 g/mol. The molecule has 0 saturated carbocycles. The Balaban J connectivity index is 1.74. The van der Waals surface area contributed by atoms with Gasteiger partial charge in [-0.3, -0.25) is 4.79 Å². The zero-order chi connectivity index (χ0) is 14.4. The lowest BCUT2D eigenvalue weighted by Crippen LogP contribution is -2.09. The fourth-order valence-corrected chi connectivity index (χ4v) is 2.48. The quantitative estimate of drug-likeness (QED) is 0.487. The number of nitrogen functional groups attached to an aromatic ring is 1. The second-order valence-electron chi connectivity index (χ2n) is 3.96. The van der Waals surface area contributed by atoms with Crippen LogP contribution in [-0.4, -0.2) is 22.3 Å². The Kier molecular flexibility index (Phi) is 5.31. The molecule has 0 aliphatic rings. The predicted octanol–water partition coefficient (Wildman–Crippen LogP) is 2.57. The first-order valence-electron chi connectivity index (χ1n) is 6.02. The zero-order valence-corrected chi connectivity index (χ0v) is 12.2. The van der Waals surface area contributed by atoms with Crippen molar-refractivity contribution < 1.29 is 4.74 Å². The van der Waals surface area contributed by atoms with Gasteiger partial charge in [0.05, 0.1) is 11.6 Å². The molecular formula is C13H14ClN3O2S. The number of hydrogen-bond acceptors (Lipinski definition) is 5. The predicted molar refractivity (Wildman–Crippen MR) is 81.6 cm³/mol. The van der Waals surface area contributed by atoms with E-state index in [0.717, 1.165) is 12.2 Å². The van der Waals surface area contributed by atoms with Crippen LogP contribution in [0, 0.1) is 0 Å². The molecule has 2 aromatic rings. The zero-order valence-electron chi connectivity index (χ0n) is 10.6. The number of aromatic nitrogens is 2. The van der Waals surface area contributed by atoms with Crippen LogP contribution in [0.5, 0.6) is 5.75 Å². The van der Waals surface area contributed by atoms with Crippen molar-refractivity contribution in [2.75, 3.05) is 18.1 Å². The third kappa shape index (κ3) is 4.47. The van der Waals surface area contributed by atoms with E-state index in [0.29, 0.717) is 22.5 Å². The molecule has 0 fully saturated rings. The molecular weight excluding hydrogens is 298 g/mol. The van der Waals surface area contributed by atoms with Gasteiger partial charge in [0.2, 0.25) is 0 Å². The Bertz CT molecular complexity index is 633. The maximum atomic E-state index is 11.2. The number of thioether (sulfide) groups is 1. The van der Waals surface area contributed by atoms with Crippen LogP contribution in [0.15, 0.2) is 40.3 Å². The largest absolute Gasteiger partial charge is 0.492 e. The van der Waals surface area contributed by atoms with Gasteiger partial charge in [-0.15, -0.1) is 0 Å². The van der Waals surface area contributed by atoms with Crippen molar-refractivity contribution in [1.82, 2.24) is 9.97 Å². The van der Waals surface area contributed by atoms with E-state index in [2.05, 4.69) is 9.97 Å². The van der Waals surface area contributed by atoms with Gasteiger partial charge in [-0.2, -0.15) is 0 Å². The molecule has 1 aromatic heterocycles. The van der Waals surface area contributed by atoms with Crippen molar-refractivity contribution in [1.29, 1.82) is 0 Å². The third-order valence-corrected chi connectivity index (χ3v) is 3.63. The van der Waals surface area contributed by atoms with Crippen molar-refractivity contribution in [2.24, 2.45) is 0 Å². The smallest absolute Gasteiger partial charge is 0.253 e. The molecule has 0 spiro atoms. The van der Waals surface area contributed by atoms with Crippen LogP contribution in [0.25, 0.3) is 0 Å². The van der Waals surface area contributed by atoms with E-state index < -0.39 is 0 Å². The molecule has 5 nitrogen and oxygen atoms in total. The highest BCUT2D eigenvalue weighted by Crippen LogP contribution is 2.23. The molecule has 0 unspecified atom stereocenters. The molecule has 0 saturated heterocycles. The fourth-order valence-electron chi connectivity index (χ4n) is 1.49. The van der Waals surface area contributed by atoms with E-state index in [-0.39, 0.29) is 11.4 Å². The van der Waals surface area contributed by atoms with E-state index in [9.17, 15) is 4.79 Å². The first kappa shape index (κ1) is 14.7. The van der Waals surface area contributed by atoms with Crippen LogP contribution < -0.4 is 16.0 Å². The molecule has 2 rings (SSSR count). The number of H-pyrrole nitrogens is 1. The number of halogens is 1. The van der Waals surface area contributed by atoms with Gasteiger partial charge in [-0.1, -0.05) is 35.5 Å². The number of aromatic amines is 1. The van der Waals surface area contributed by atoms with Crippen molar-refractivity contribution in [2.45, 2.75) is 11.6 Å². The van der Waals surface area contributed by atoms with E-state index in [4.69, 9.17) is 22.1 Å². The minimum absolute atomic E-state index is 0.226. The van der Waals surface area contributed by atoms with Gasteiger partial charge in [-0.05, 0) is 18.6 Å². The van der Waals surface area contributed by atoms with Gasteiger partial charge >= 0.3 is 0 Å². The molecule has 3 N–H and O–H groups in total. The monoisotopic (exact) mass is 311 g/mol. The van der Waals surface area contributed by atoms with Crippen LogP contribution in [0.4, 0.5) is 5.82 Å². The number of para-hydroxylation sites is 1. The van der Waals surface area contributed by atoms with Gasteiger partial charge in [-0.25, -0.2) is 4.98 Å². The lowest BCUT2D eigenvalue weighted by atomic mass is 10.3. The molecule has 20 heavy (non-hydrogen) atoms. The molecule has 106 valence electrons. The fraction of sp³-hybridized carbons (Fsp3) is 0.231. The molecule has 1 aromatic carbocycles. The van der Waals surface area contributed by atoms with Crippen molar-refractivity contribution >= 4 is 29.2 Å². The maximum absolute atomic E-state index is 11.2. The topological polar surface area (TPSA) is 81.0 Å².